The van der Waals surface area contributed by atoms with Crippen LogP contribution in [0.5, 0.6) is 5.75 Å². The molecule has 3 N–H and O–H groups in total. The van der Waals surface area contributed by atoms with Gasteiger partial charge in [-0.25, -0.2) is 18.1 Å². The molecule has 16 heteroatoms. The Hall–Kier alpha value is -4.02. The molecule has 1 fully saturated rings. The summed E-state index contributed by atoms with van der Waals surface area (Å²) in [7, 11) is -3.89. The van der Waals surface area contributed by atoms with Crippen molar-refractivity contribution in [3.63, 3.8) is 0 Å². The van der Waals surface area contributed by atoms with Crippen LogP contribution in [0.3, 0.4) is 0 Å². The SMILES string of the molecule is CCCc1c(/C=N/O)c(C)c2c(=O)[nH]c(-c3cc(S(=O)(=O)N4CCN(CCCO[N+](=O)O)CC4)ccc3OCC)nn12. The number of aryl methyl sites for hydroxylation is 2. The number of sulfonamides is 1. The van der Waals surface area contributed by atoms with E-state index in [9.17, 15) is 23.3 Å². The molecule has 3 aromatic rings. The average molecular weight is 607 g/mol. The van der Waals surface area contributed by atoms with Crippen LogP contribution in [0, 0.1) is 11.8 Å². The van der Waals surface area contributed by atoms with Gasteiger partial charge >= 0.3 is 5.09 Å². The molecule has 1 aromatic carbocycles. The van der Waals surface area contributed by atoms with Gasteiger partial charge < -0.3 is 19.8 Å². The maximum absolute atomic E-state index is 13.7. The zero-order valence-electron chi connectivity index (χ0n) is 23.8. The molecule has 15 nitrogen and oxygen atoms in total. The van der Waals surface area contributed by atoms with E-state index in [4.69, 9.17) is 15.0 Å². The Morgan fingerprint density at radius 2 is 1.95 bits per heavy atom. The largest absolute Gasteiger partial charge is 0.493 e. The van der Waals surface area contributed by atoms with Crippen LogP contribution in [0.2, 0.25) is 0 Å². The van der Waals surface area contributed by atoms with Crippen molar-refractivity contribution in [3.8, 4) is 17.1 Å². The van der Waals surface area contributed by atoms with E-state index >= 15 is 0 Å². The van der Waals surface area contributed by atoms with Crippen molar-refractivity contribution >= 4 is 21.8 Å². The van der Waals surface area contributed by atoms with Gasteiger partial charge in [-0.1, -0.05) is 18.5 Å². The number of aromatic amines is 1. The van der Waals surface area contributed by atoms with E-state index in [1.54, 1.807) is 19.9 Å². The number of benzene rings is 1. The predicted octanol–water partition coefficient (Wildman–Crippen LogP) is 1.95. The van der Waals surface area contributed by atoms with Crippen molar-refractivity contribution in [2.24, 2.45) is 5.16 Å². The highest BCUT2D eigenvalue weighted by Gasteiger charge is 2.30. The number of hydrogen-bond acceptors (Lipinski definition) is 10. The molecular weight excluding hydrogens is 570 g/mol. The molecule has 0 atom stereocenters. The first-order valence-electron chi connectivity index (χ1n) is 13.7. The smallest absolute Gasteiger partial charge is 0.475 e. The molecule has 0 amide bonds. The number of nitrogens with one attached hydrogen (secondary N) is 1. The first-order valence-corrected chi connectivity index (χ1v) is 15.2. The minimum absolute atomic E-state index is 0.0367. The number of H-pyrrole nitrogens is 1. The minimum Gasteiger partial charge on any atom is -0.493 e. The normalized spacial score (nSPS) is 15.0. The van der Waals surface area contributed by atoms with Crippen LogP contribution in [-0.2, 0) is 21.3 Å². The standard InChI is InChI=1S/C26H35N7O8S/c1-4-7-22-21(17-27-35)18(3)24-26(34)28-25(29-32(22)24)20-16-19(8-9-23(20)40-5-2)42(38,39)31-13-11-30(12-14-31)10-6-15-41-33(36)37/h8-9,16-17H,4-7,10-15H2,1-3H3,(H2-,28,29,34,35,36,37)/p+1/b27-17+. The Bertz CT molecular complexity index is 1630. The zero-order chi connectivity index (χ0) is 30.4. The highest BCUT2D eigenvalue weighted by molar-refractivity contribution is 7.89. The molecule has 3 heterocycles. The Labute approximate surface area is 242 Å². The van der Waals surface area contributed by atoms with Gasteiger partial charge in [0, 0.05) is 44.7 Å². The topological polar surface area (TPSA) is 182 Å². The summed E-state index contributed by atoms with van der Waals surface area (Å²) in [5.74, 6) is 0.503. The Morgan fingerprint density at radius 3 is 2.60 bits per heavy atom. The van der Waals surface area contributed by atoms with E-state index in [0.29, 0.717) is 72.7 Å². The van der Waals surface area contributed by atoms with E-state index < -0.39 is 20.7 Å². The van der Waals surface area contributed by atoms with Crippen LogP contribution in [0.1, 0.15) is 43.5 Å². The van der Waals surface area contributed by atoms with E-state index in [1.165, 1.54) is 27.2 Å². The number of ether oxygens (including phenoxy) is 1. The van der Waals surface area contributed by atoms with Crippen LogP contribution in [0.15, 0.2) is 33.0 Å². The monoisotopic (exact) mass is 606 g/mol. The second-order valence-electron chi connectivity index (χ2n) is 9.80. The molecule has 0 bridgehead atoms. The van der Waals surface area contributed by atoms with Crippen molar-refractivity contribution in [1.82, 2.24) is 23.8 Å². The molecule has 0 radical (unpaired) electrons. The zero-order valence-corrected chi connectivity index (χ0v) is 24.6. The van der Waals surface area contributed by atoms with E-state index in [-0.39, 0.29) is 30.4 Å². The van der Waals surface area contributed by atoms with Crippen LogP contribution in [-0.4, -0.2) is 99.9 Å². The van der Waals surface area contributed by atoms with Gasteiger partial charge in [-0.05, 0) is 44.0 Å². The predicted molar refractivity (Wildman–Crippen MR) is 152 cm³/mol. The second-order valence-corrected chi connectivity index (χ2v) is 11.7. The Balaban J connectivity index is 1.67. The van der Waals surface area contributed by atoms with Gasteiger partial charge in [0.1, 0.15) is 16.2 Å². The van der Waals surface area contributed by atoms with Gasteiger partial charge in [0.15, 0.2) is 12.4 Å². The van der Waals surface area contributed by atoms with Gasteiger partial charge in [0.25, 0.3) is 5.56 Å². The van der Waals surface area contributed by atoms with Crippen molar-refractivity contribution in [1.29, 1.82) is 0 Å². The summed E-state index contributed by atoms with van der Waals surface area (Å²) in [6.45, 7) is 7.98. The summed E-state index contributed by atoms with van der Waals surface area (Å²) in [6.07, 6.45) is 3.10. The molecule has 1 saturated heterocycles. The summed E-state index contributed by atoms with van der Waals surface area (Å²) in [5.41, 5.74) is 2.12. The fourth-order valence-corrected chi connectivity index (χ4v) is 6.61. The number of rotatable bonds is 13. The van der Waals surface area contributed by atoms with Crippen LogP contribution >= 0.6 is 0 Å². The van der Waals surface area contributed by atoms with Crippen molar-refractivity contribution in [2.75, 3.05) is 45.9 Å². The molecule has 42 heavy (non-hydrogen) atoms. The van der Waals surface area contributed by atoms with E-state index in [1.807, 2.05) is 6.92 Å². The second kappa shape index (κ2) is 13.3. The summed E-state index contributed by atoms with van der Waals surface area (Å²) in [5, 5.41) is 25.0. The Morgan fingerprint density at radius 1 is 1.21 bits per heavy atom. The lowest BCUT2D eigenvalue weighted by Gasteiger charge is -2.33. The van der Waals surface area contributed by atoms with Gasteiger partial charge in [0.05, 0.1) is 29.0 Å². The Kier molecular flexibility index (Phi) is 9.80. The number of piperazine rings is 1. The van der Waals surface area contributed by atoms with Crippen LogP contribution in [0.4, 0.5) is 0 Å². The van der Waals surface area contributed by atoms with E-state index in [0.717, 1.165) is 6.42 Å². The molecule has 1 aliphatic rings. The van der Waals surface area contributed by atoms with Gasteiger partial charge in [-0.3, -0.25) is 4.79 Å². The molecule has 4 rings (SSSR count). The molecule has 0 unspecified atom stereocenters. The molecule has 1 aliphatic heterocycles. The quantitative estimate of drug-likeness (QED) is 0.113. The molecular formula is C26H36N7O8S+. The highest BCUT2D eigenvalue weighted by Crippen LogP contribution is 2.32. The highest BCUT2D eigenvalue weighted by atomic mass is 32.2. The molecule has 2 aromatic heterocycles. The summed E-state index contributed by atoms with van der Waals surface area (Å²) in [6, 6.07) is 4.50. The molecule has 0 spiro atoms. The van der Waals surface area contributed by atoms with Crippen LogP contribution in [0.25, 0.3) is 16.9 Å². The maximum atomic E-state index is 13.7. The average Bonchev–Trinajstić information content (AvgIpc) is 3.22. The lowest BCUT2D eigenvalue weighted by atomic mass is 10.1. The number of oxime groups is 1. The third-order valence-electron chi connectivity index (χ3n) is 7.15. The maximum Gasteiger partial charge on any atom is 0.475 e. The number of fused-ring (bicyclic) bond motifs is 1. The third kappa shape index (κ3) is 6.39. The first kappa shape index (κ1) is 30.9. The summed E-state index contributed by atoms with van der Waals surface area (Å²) in [4.78, 5) is 33.1. The van der Waals surface area contributed by atoms with E-state index in [2.05, 4.69) is 19.9 Å². The number of nitrogens with zero attached hydrogens (tertiary/aromatic N) is 6. The van der Waals surface area contributed by atoms with Gasteiger partial charge in [0.2, 0.25) is 10.0 Å². The molecule has 0 aliphatic carbocycles. The first-order chi connectivity index (χ1) is 20.1. The van der Waals surface area contributed by atoms with Crippen molar-refractivity contribution in [2.45, 2.75) is 44.9 Å². The lowest BCUT2D eigenvalue weighted by Crippen LogP contribution is -2.48. The van der Waals surface area contributed by atoms with Crippen LogP contribution < -0.4 is 10.3 Å². The van der Waals surface area contributed by atoms with Crippen molar-refractivity contribution in [3.05, 3.63) is 50.3 Å². The fraction of sp³-hybridized carbons (Fsp3) is 0.500. The number of hydrogen-bond donors (Lipinski definition) is 3. The van der Waals surface area contributed by atoms with Gasteiger partial charge in [-0.15, -0.1) is 5.10 Å². The molecule has 228 valence electrons. The van der Waals surface area contributed by atoms with Crippen molar-refractivity contribution < 1.29 is 33.5 Å². The van der Waals surface area contributed by atoms with Gasteiger partial charge in [-0.2, -0.15) is 9.14 Å². The summed E-state index contributed by atoms with van der Waals surface area (Å²) >= 11 is 0. The summed E-state index contributed by atoms with van der Waals surface area (Å²) < 4.78 is 36.0. The minimum atomic E-state index is -3.89. The molecule has 0 saturated carbocycles. The number of aromatic nitrogens is 3. The third-order valence-corrected chi connectivity index (χ3v) is 9.05. The fourth-order valence-electron chi connectivity index (χ4n) is 5.16. The lowest BCUT2D eigenvalue weighted by molar-refractivity contribution is -0.975.